The number of rotatable bonds is 5. The minimum absolute atomic E-state index is 0.0133. The van der Waals surface area contributed by atoms with Crippen LogP contribution in [0.25, 0.3) is 5.52 Å². The lowest BCUT2D eigenvalue weighted by Crippen LogP contribution is -2.50. The van der Waals surface area contributed by atoms with Crippen molar-refractivity contribution in [3.8, 4) is 0 Å². The number of hydrogen-bond acceptors (Lipinski definition) is 4. The highest BCUT2D eigenvalue weighted by Crippen LogP contribution is 2.16. The lowest BCUT2D eigenvalue weighted by molar-refractivity contribution is -0.130. The average Bonchev–Trinajstić information content (AvgIpc) is 3.07. The molecule has 0 unspecified atom stereocenters. The summed E-state index contributed by atoms with van der Waals surface area (Å²) in [6.07, 6.45) is 3.62. The monoisotopic (exact) mass is 371 g/mol. The summed E-state index contributed by atoms with van der Waals surface area (Å²) in [7, 11) is 0. The third kappa shape index (κ3) is 3.94. The molecule has 0 spiro atoms. The minimum Gasteiger partial charge on any atom is -0.351 e. The predicted octanol–water partition coefficient (Wildman–Crippen LogP) is 1.17. The van der Waals surface area contributed by atoms with Crippen LogP contribution in [0.2, 0.25) is 0 Å². The van der Waals surface area contributed by atoms with Gasteiger partial charge in [-0.1, -0.05) is 19.4 Å². The van der Waals surface area contributed by atoms with E-state index in [1.54, 1.807) is 32.5 Å². The quantitative estimate of drug-likeness (QED) is 0.800. The molecular formula is C19H25N5O3. The molecule has 1 fully saturated rings. The minimum atomic E-state index is -0.271. The van der Waals surface area contributed by atoms with Gasteiger partial charge in [0.05, 0.1) is 5.52 Å². The number of aromatic nitrogens is 2. The van der Waals surface area contributed by atoms with Crippen molar-refractivity contribution in [1.29, 1.82) is 0 Å². The van der Waals surface area contributed by atoms with E-state index in [1.807, 2.05) is 6.07 Å². The van der Waals surface area contributed by atoms with Gasteiger partial charge in [0, 0.05) is 45.8 Å². The molecular weight excluding hydrogens is 346 g/mol. The lowest BCUT2D eigenvalue weighted by Gasteiger charge is -2.33. The van der Waals surface area contributed by atoms with Crippen molar-refractivity contribution in [1.82, 2.24) is 24.5 Å². The average molecular weight is 371 g/mol. The first kappa shape index (κ1) is 18.9. The lowest BCUT2D eigenvalue weighted by atomic mass is 10.3. The largest absolute Gasteiger partial charge is 0.351 e. The fourth-order valence-electron chi connectivity index (χ4n) is 3.18. The highest BCUT2D eigenvalue weighted by molar-refractivity contribution is 6.02. The maximum absolute atomic E-state index is 13.0. The van der Waals surface area contributed by atoms with Crippen molar-refractivity contribution in [2.75, 3.05) is 32.7 Å². The zero-order valence-electron chi connectivity index (χ0n) is 15.8. The molecule has 2 aromatic heterocycles. The number of hydrogen-bond donors (Lipinski definition) is 1. The van der Waals surface area contributed by atoms with Crippen LogP contribution < -0.4 is 5.32 Å². The molecule has 8 nitrogen and oxygen atoms in total. The van der Waals surface area contributed by atoms with Gasteiger partial charge in [0.15, 0.2) is 5.69 Å². The van der Waals surface area contributed by atoms with Crippen molar-refractivity contribution in [3.05, 3.63) is 35.9 Å². The summed E-state index contributed by atoms with van der Waals surface area (Å²) in [6.45, 7) is 6.10. The van der Waals surface area contributed by atoms with E-state index in [9.17, 15) is 14.4 Å². The standard InChI is InChI=1S/C19H25N5O3/c1-3-4-8-20-18(26)16-15-7-5-6-9-24(15)17(21-16)19(27)23-12-10-22(11-13-23)14(2)25/h5-7,9H,3-4,8,10-13H2,1-2H3,(H,20,26). The summed E-state index contributed by atoms with van der Waals surface area (Å²) >= 11 is 0. The third-order valence-electron chi connectivity index (χ3n) is 4.78. The number of carbonyl (C=O) groups excluding carboxylic acids is 3. The topological polar surface area (TPSA) is 87.0 Å². The first-order chi connectivity index (χ1) is 13.0. The van der Waals surface area contributed by atoms with Crippen molar-refractivity contribution in [2.24, 2.45) is 0 Å². The molecule has 0 bridgehead atoms. The highest BCUT2D eigenvalue weighted by atomic mass is 16.2. The van der Waals surface area contributed by atoms with Crippen LogP contribution in [0.15, 0.2) is 24.4 Å². The van der Waals surface area contributed by atoms with Crippen LogP contribution in [-0.2, 0) is 4.79 Å². The molecule has 144 valence electrons. The molecule has 2 aromatic rings. The molecule has 0 aromatic carbocycles. The van der Waals surface area contributed by atoms with Crippen molar-refractivity contribution < 1.29 is 14.4 Å². The number of amides is 3. The number of nitrogens with one attached hydrogen (secondary N) is 1. The van der Waals surface area contributed by atoms with Crippen molar-refractivity contribution in [3.63, 3.8) is 0 Å². The van der Waals surface area contributed by atoms with E-state index in [1.165, 1.54) is 6.92 Å². The molecule has 27 heavy (non-hydrogen) atoms. The fraction of sp³-hybridized carbons (Fsp3) is 0.474. The Morgan fingerprint density at radius 3 is 2.48 bits per heavy atom. The van der Waals surface area contributed by atoms with Crippen LogP contribution in [-0.4, -0.2) is 69.6 Å². The number of pyridine rings is 1. The van der Waals surface area contributed by atoms with E-state index < -0.39 is 0 Å². The maximum Gasteiger partial charge on any atom is 0.290 e. The Kier molecular flexibility index (Phi) is 5.73. The molecule has 0 atom stereocenters. The number of carbonyl (C=O) groups is 3. The number of unbranched alkanes of at least 4 members (excludes halogenated alkanes) is 1. The van der Waals surface area contributed by atoms with Gasteiger partial charge in [-0.25, -0.2) is 4.98 Å². The first-order valence-corrected chi connectivity index (χ1v) is 9.33. The second-order valence-electron chi connectivity index (χ2n) is 6.65. The van der Waals surface area contributed by atoms with E-state index in [0.29, 0.717) is 38.2 Å². The van der Waals surface area contributed by atoms with E-state index in [-0.39, 0.29) is 29.2 Å². The van der Waals surface area contributed by atoms with Crippen LogP contribution in [0.3, 0.4) is 0 Å². The Bertz CT molecular complexity index is 852. The Morgan fingerprint density at radius 2 is 1.81 bits per heavy atom. The molecule has 0 saturated carbocycles. The van der Waals surface area contributed by atoms with E-state index in [4.69, 9.17) is 0 Å². The van der Waals surface area contributed by atoms with Gasteiger partial charge in [-0.2, -0.15) is 0 Å². The summed E-state index contributed by atoms with van der Waals surface area (Å²) in [4.78, 5) is 44.7. The summed E-state index contributed by atoms with van der Waals surface area (Å²) in [5.74, 6) is -0.262. The molecule has 1 aliphatic heterocycles. The fourth-order valence-corrected chi connectivity index (χ4v) is 3.18. The molecule has 1 aliphatic rings. The normalized spacial score (nSPS) is 14.4. The zero-order valence-corrected chi connectivity index (χ0v) is 15.8. The molecule has 8 heteroatoms. The van der Waals surface area contributed by atoms with Gasteiger partial charge >= 0.3 is 0 Å². The van der Waals surface area contributed by atoms with E-state index in [0.717, 1.165) is 12.8 Å². The van der Waals surface area contributed by atoms with Gasteiger partial charge in [0.1, 0.15) is 0 Å². The number of imidazole rings is 1. The molecule has 1 N–H and O–H groups in total. The van der Waals surface area contributed by atoms with E-state index >= 15 is 0 Å². The van der Waals surface area contributed by atoms with Crippen molar-refractivity contribution >= 4 is 23.2 Å². The van der Waals surface area contributed by atoms with Crippen LogP contribution in [0.1, 0.15) is 47.8 Å². The Morgan fingerprint density at radius 1 is 1.11 bits per heavy atom. The van der Waals surface area contributed by atoms with E-state index in [2.05, 4.69) is 17.2 Å². The summed E-state index contributed by atoms with van der Waals surface area (Å²) < 4.78 is 1.66. The number of nitrogens with zero attached hydrogens (tertiary/aromatic N) is 4. The zero-order chi connectivity index (χ0) is 19.4. The molecule has 0 aliphatic carbocycles. The SMILES string of the molecule is CCCCNC(=O)c1nc(C(=O)N2CCN(C(C)=O)CC2)n2ccccc12. The smallest absolute Gasteiger partial charge is 0.290 e. The van der Waals surface area contributed by atoms with Gasteiger partial charge < -0.3 is 15.1 Å². The highest BCUT2D eigenvalue weighted by Gasteiger charge is 2.28. The van der Waals surface area contributed by atoms with Gasteiger partial charge in [-0.3, -0.25) is 18.8 Å². The van der Waals surface area contributed by atoms with Gasteiger partial charge in [0.25, 0.3) is 11.8 Å². The van der Waals surface area contributed by atoms with Gasteiger partial charge in [-0.05, 0) is 18.6 Å². The van der Waals surface area contributed by atoms with Crippen LogP contribution in [0, 0.1) is 0 Å². The summed E-state index contributed by atoms with van der Waals surface area (Å²) in [5, 5.41) is 2.86. The second-order valence-corrected chi connectivity index (χ2v) is 6.65. The molecule has 3 heterocycles. The first-order valence-electron chi connectivity index (χ1n) is 9.33. The Labute approximate surface area is 158 Å². The second kappa shape index (κ2) is 8.20. The van der Waals surface area contributed by atoms with Crippen molar-refractivity contribution in [2.45, 2.75) is 26.7 Å². The van der Waals surface area contributed by atoms with Crippen LogP contribution in [0.5, 0.6) is 0 Å². The van der Waals surface area contributed by atoms with Crippen LogP contribution >= 0.6 is 0 Å². The summed E-state index contributed by atoms with van der Waals surface area (Å²) in [6, 6.07) is 5.41. The Balaban J connectivity index is 1.83. The van der Waals surface area contributed by atoms with Gasteiger partial charge in [-0.15, -0.1) is 0 Å². The molecule has 1 saturated heterocycles. The Hall–Kier alpha value is -2.90. The number of piperazine rings is 1. The number of fused-ring (bicyclic) bond motifs is 1. The molecule has 0 radical (unpaired) electrons. The predicted molar refractivity (Wildman–Crippen MR) is 101 cm³/mol. The van der Waals surface area contributed by atoms with Gasteiger partial charge in [0.2, 0.25) is 11.7 Å². The molecule has 3 rings (SSSR count). The third-order valence-corrected chi connectivity index (χ3v) is 4.78. The summed E-state index contributed by atoms with van der Waals surface area (Å²) in [5.41, 5.74) is 0.870. The maximum atomic E-state index is 13.0. The van der Waals surface area contributed by atoms with Crippen LogP contribution in [0.4, 0.5) is 0 Å². The molecule has 3 amide bonds.